The number of nitrogens with two attached hydrogens (primary N) is 1. The van der Waals surface area contributed by atoms with E-state index >= 15 is 0 Å². The van der Waals surface area contributed by atoms with Crippen molar-refractivity contribution in [3.05, 3.63) is 42.0 Å². The summed E-state index contributed by atoms with van der Waals surface area (Å²) in [5, 5.41) is 2.65. The number of aryl methyl sites for hydroxylation is 1. The first-order valence-corrected chi connectivity index (χ1v) is 10.6. The Morgan fingerprint density at radius 1 is 0.640 bits per heavy atom. The van der Waals surface area contributed by atoms with E-state index in [2.05, 4.69) is 43.3 Å². The van der Waals surface area contributed by atoms with Crippen LogP contribution in [0.1, 0.15) is 89.5 Å². The van der Waals surface area contributed by atoms with Gasteiger partial charge in [-0.2, -0.15) is 0 Å². The van der Waals surface area contributed by atoms with Crippen molar-refractivity contribution in [2.24, 2.45) is 0 Å². The number of benzene rings is 2. The fraction of sp³-hybridized carbons (Fsp3) is 0.583. The molecule has 0 heterocycles. The lowest BCUT2D eigenvalue weighted by Gasteiger charge is -2.10. The Hall–Kier alpha value is -1.50. The number of rotatable bonds is 13. The Morgan fingerprint density at radius 3 is 1.84 bits per heavy atom. The number of unbranched alkanes of at least 4 members (excludes halogenated alkanes) is 11. The number of hydrogen-bond acceptors (Lipinski definition) is 1. The van der Waals surface area contributed by atoms with Gasteiger partial charge in [-0.25, -0.2) is 0 Å². The van der Waals surface area contributed by atoms with Crippen molar-refractivity contribution in [2.75, 3.05) is 5.73 Å². The summed E-state index contributed by atoms with van der Waals surface area (Å²) in [6.07, 6.45) is 17.9. The molecule has 2 N–H and O–H groups in total. The SMILES string of the molecule is CCCCCCCCCCCCCCc1c(N)ccc2ccccc12. The van der Waals surface area contributed by atoms with E-state index in [0.717, 1.165) is 12.1 Å². The van der Waals surface area contributed by atoms with Gasteiger partial charge >= 0.3 is 0 Å². The standard InChI is InChI=1S/C24H37N/c1-2-3-4-5-6-7-8-9-10-11-12-13-18-23-22-17-15-14-16-21(22)19-20-24(23)25/h14-17,19-20H,2-13,18,25H2,1H3. The predicted octanol–water partition coefficient (Wildman–Crippen LogP) is 7.67. The van der Waals surface area contributed by atoms with Crippen LogP contribution in [0.15, 0.2) is 36.4 Å². The highest BCUT2D eigenvalue weighted by atomic mass is 14.6. The van der Waals surface area contributed by atoms with Crippen LogP contribution in [0.4, 0.5) is 5.69 Å². The number of nitrogen functional groups attached to an aromatic ring is 1. The summed E-state index contributed by atoms with van der Waals surface area (Å²) in [5.74, 6) is 0. The number of fused-ring (bicyclic) bond motifs is 1. The van der Waals surface area contributed by atoms with Gasteiger partial charge in [0.1, 0.15) is 0 Å². The first kappa shape index (κ1) is 19.8. The molecule has 0 spiro atoms. The molecule has 0 aliphatic carbocycles. The maximum Gasteiger partial charge on any atom is 0.0353 e. The largest absolute Gasteiger partial charge is 0.398 e. The molecule has 0 radical (unpaired) electrons. The molecular weight excluding hydrogens is 302 g/mol. The number of hydrogen-bond donors (Lipinski definition) is 1. The zero-order valence-electron chi connectivity index (χ0n) is 16.2. The fourth-order valence-electron chi connectivity index (χ4n) is 3.77. The third-order valence-electron chi connectivity index (χ3n) is 5.36. The summed E-state index contributed by atoms with van der Waals surface area (Å²) in [7, 11) is 0. The quantitative estimate of drug-likeness (QED) is 0.294. The third kappa shape index (κ3) is 7.10. The average molecular weight is 340 g/mol. The maximum atomic E-state index is 6.23. The molecule has 0 bridgehead atoms. The van der Waals surface area contributed by atoms with Crippen molar-refractivity contribution in [1.82, 2.24) is 0 Å². The van der Waals surface area contributed by atoms with E-state index in [1.165, 1.54) is 93.4 Å². The van der Waals surface area contributed by atoms with Gasteiger partial charge in [-0.05, 0) is 35.2 Å². The molecule has 0 saturated heterocycles. The molecule has 0 amide bonds. The molecule has 0 fully saturated rings. The van der Waals surface area contributed by atoms with Gasteiger partial charge in [0.25, 0.3) is 0 Å². The molecule has 1 nitrogen and oxygen atoms in total. The van der Waals surface area contributed by atoms with Gasteiger partial charge < -0.3 is 5.73 Å². The summed E-state index contributed by atoms with van der Waals surface area (Å²) < 4.78 is 0. The highest BCUT2D eigenvalue weighted by Crippen LogP contribution is 2.26. The van der Waals surface area contributed by atoms with Crippen LogP contribution in [0.5, 0.6) is 0 Å². The molecule has 0 atom stereocenters. The van der Waals surface area contributed by atoms with Crippen LogP contribution in [-0.2, 0) is 6.42 Å². The van der Waals surface area contributed by atoms with Gasteiger partial charge in [-0.1, -0.05) is 108 Å². The van der Waals surface area contributed by atoms with Crippen LogP contribution in [-0.4, -0.2) is 0 Å². The minimum atomic E-state index is 0.960. The van der Waals surface area contributed by atoms with E-state index < -0.39 is 0 Å². The fourth-order valence-corrected chi connectivity index (χ4v) is 3.77. The van der Waals surface area contributed by atoms with Crippen molar-refractivity contribution in [3.8, 4) is 0 Å². The minimum absolute atomic E-state index is 0.960. The van der Waals surface area contributed by atoms with E-state index in [1.807, 2.05) is 0 Å². The van der Waals surface area contributed by atoms with Crippen LogP contribution in [0.3, 0.4) is 0 Å². The molecule has 2 aromatic rings. The second-order valence-corrected chi connectivity index (χ2v) is 7.49. The molecule has 0 aromatic heterocycles. The van der Waals surface area contributed by atoms with Crippen molar-refractivity contribution >= 4 is 16.5 Å². The van der Waals surface area contributed by atoms with Gasteiger partial charge in [-0.3, -0.25) is 0 Å². The van der Waals surface area contributed by atoms with Crippen molar-refractivity contribution < 1.29 is 0 Å². The monoisotopic (exact) mass is 339 g/mol. The first-order chi connectivity index (χ1) is 12.3. The van der Waals surface area contributed by atoms with Crippen LogP contribution in [0.2, 0.25) is 0 Å². The highest BCUT2D eigenvalue weighted by Gasteiger charge is 2.05. The molecule has 0 aliphatic heterocycles. The first-order valence-electron chi connectivity index (χ1n) is 10.6. The molecule has 0 aliphatic rings. The Bertz CT molecular complexity index is 602. The molecule has 25 heavy (non-hydrogen) atoms. The summed E-state index contributed by atoms with van der Waals surface area (Å²) in [6.45, 7) is 2.29. The van der Waals surface area contributed by atoms with Crippen molar-refractivity contribution in [2.45, 2.75) is 90.4 Å². The predicted molar refractivity (Wildman–Crippen MR) is 113 cm³/mol. The van der Waals surface area contributed by atoms with E-state index in [-0.39, 0.29) is 0 Å². The molecule has 0 unspecified atom stereocenters. The van der Waals surface area contributed by atoms with Gasteiger partial charge in [-0.15, -0.1) is 0 Å². The van der Waals surface area contributed by atoms with Crippen LogP contribution >= 0.6 is 0 Å². The molecule has 0 saturated carbocycles. The topological polar surface area (TPSA) is 26.0 Å². The van der Waals surface area contributed by atoms with E-state index in [4.69, 9.17) is 5.73 Å². The van der Waals surface area contributed by atoms with Crippen LogP contribution < -0.4 is 5.73 Å². The summed E-state index contributed by atoms with van der Waals surface area (Å²) in [6, 6.07) is 12.8. The Kier molecular flexibility index (Phi) is 9.47. The Morgan fingerprint density at radius 2 is 1.20 bits per heavy atom. The lowest BCUT2D eigenvalue weighted by molar-refractivity contribution is 0.544. The second kappa shape index (κ2) is 12.0. The zero-order valence-corrected chi connectivity index (χ0v) is 16.2. The molecule has 1 heteroatoms. The van der Waals surface area contributed by atoms with Gasteiger partial charge in [0.2, 0.25) is 0 Å². The molecular formula is C24H37N. The molecule has 2 aromatic carbocycles. The highest BCUT2D eigenvalue weighted by molar-refractivity contribution is 5.89. The average Bonchev–Trinajstić information content (AvgIpc) is 2.64. The van der Waals surface area contributed by atoms with Crippen LogP contribution in [0, 0.1) is 0 Å². The summed E-state index contributed by atoms with van der Waals surface area (Å²) in [5.41, 5.74) is 8.54. The maximum absolute atomic E-state index is 6.23. The second-order valence-electron chi connectivity index (χ2n) is 7.49. The van der Waals surface area contributed by atoms with Crippen LogP contribution in [0.25, 0.3) is 10.8 Å². The molecule has 138 valence electrons. The van der Waals surface area contributed by atoms with E-state index in [1.54, 1.807) is 0 Å². The lowest BCUT2D eigenvalue weighted by atomic mass is 9.97. The van der Waals surface area contributed by atoms with Gasteiger partial charge in [0, 0.05) is 5.69 Å². The van der Waals surface area contributed by atoms with Crippen molar-refractivity contribution in [1.29, 1.82) is 0 Å². The molecule has 2 rings (SSSR count). The van der Waals surface area contributed by atoms with Gasteiger partial charge in [0.05, 0.1) is 0 Å². The van der Waals surface area contributed by atoms with Gasteiger partial charge in [0.15, 0.2) is 0 Å². The zero-order chi connectivity index (χ0) is 17.7. The summed E-state index contributed by atoms with van der Waals surface area (Å²) >= 11 is 0. The smallest absolute Gasteiger partial charge is 0.0353 e. The number of anilines is 1. The van der Waals surface area contributed by atoms with Crippen molar-refractivity contribution in [3.63, 3.8) is 0 Å². The lowest BCUT2D eigenvalue weighted by Crippen LogP contribution is -1.96. The Labute approximate surface area is 155 Å². The van der Waals surface area contributed by atoms with E-state index in [0.29, 0.717) is 0 Å². The third-order valence-corrected chi connectivity index (χ3v) is 5.36. The minimum Gasteiger partial charge on any atom is -0.398 e. The van der Waals surface area contributed by atoms with E-state index in [9.17, 15) is 0 Å². The Balaban J connectivity index is 1.56. The summed E-state index contributed by atoms with van der Waals surface area (Å²) in [4.78, 5) is 0. The normalized spacial score (nSPS) is 11.2.